The van der Waals surface area contributed by atoms with Gasteiger partial charge in [-0.15, -0.1) is 0 Å². The Morgan fingerprint density at radius 2 is 2.30 bits per heavy atom. The number of nitrogens with zero attached hydrogens (tertiary/aromatic N) is 3. The summed E-state index contributed by atoms with van der Waals surface area (Å²) < 4.78 is 0. The van der Waals surface area contributed by atoms with Crippen molar-refractivity contribution in [2.75, 3.05) is 20.1 Å². The molecule has 0 radical (unpaired) electrons. The monoisotopic (exact) mass is 309 g/mol. The predicted molar refractivity (Wildman–Crippen MR) is 89.4 cm³/mol. The van der Waals surface area contributed by atoms with E-state index in [0.29, 0.717) is 5.92 Å². The van der Waals surface area contributed by atoms with Crippen LogP contribution in [0.3, 0.4) is 0 Å². The van der Waals surface area contributed by atoms with Crippen molar-refractivity contribution in [1.29, 1.82) is 0 Å². The summed E-state index contributed by atoms with van der Waals surface area (Å²) in [4.78, 5) is 26.0. The minimum absolute atomic E-state index is 0.00303. The van der Waals surface area contributed by atoms with Gasteiger partial charge < -0.3 is 15.2 Å². The molecule has 1 aliphatic rings. The van der Waals surface area contributed by atoms with Gasteiger partial charge in [-0.25, -0.2) is 14.8 Å². The number of hydrogen-bond acceptors (Lipinski definition) is 3. The fourth-order valence-corrected chi connectivity index (χ4v) is 3.57. The number of rotatable bonds is 1. The highest BCUT2D eigenvalue weighted by molar-refractivity contribution is 6.05. The Labute approximate surface area is 133 Å². The van der Waals surface area contributed by atoms with Gasteiger partial charge in [0.25, 0.3) is 0 Å². The van der Waals surface area contributed by atoms with E-state index in [1.54, 1.807) is 13.2 Å². The average molecular weight is 309 g/mol. The second-order valence-electron chi connectivity index (χ2n) is 6.00. The number of hydrogen-bond donors (Lipinski definition) is 2. The first-order chi connectivity index (χ1) is 11.3. The molecule has 3 aromatic rings. The Balaban J connectivity index is 1.82. The maximum Gasteiger partial charge on any atom is 0.317 e. The van der Waals surface area contributed by atoms with Gasteiger partial charge >= 0.3 is 6.03 Å². The van der Waals surface area contributed by atoms with E-state index >= 15 is 0 Å². The van der Waals surface area contributed by atoms with Crippen molar-refractivity contribution < 1.29 is 4.79 Å². The second-order valence-corrected chi connectivity index (χ2v) is 6.00. The van der Waals surface area contributed by atoms with Crippen molar-refractivity contribution in [1.82, 2.24) is 25.2 Å². The Morgan fingerprint density at radius 3 is 3.17 bits per heavy atom. The lowest BCUT2D eigenvalue weighted by molar-refractivity contribution is 0.181. The molecule has 1 unspecified atom stereocenters. The Morgan fingerprint density at radius 1 is 1.39 bits per heavy atom. The molecule has 1 aliphatic heterocycles. The van der Waals surface area contributed by atoms with Crippen LogP contribution in [0.4, 0.5) is 4.79 Å². The third-order valence-corrected chi connectivity index (χ3v) is 4.66. The number of carbonyl (C=O) groups is 1. The van der Waals surface area contributed by atoms with Gasteiger partial charge in [0.1, 0.15) is 0 Å². The molecule has 0 saturated carbocycles. The third-order valence-electron chi connectivity index (χ3n) is 4.66. The molecule has 1 atom stereocenters. The van der Waals surface area contributed by atoms with Crippen LogP contribution in [-0.4, -0.2) is 46.0 Å². The van der Waals surface area contributed by atoms with Crippen molar-refractivity contribution in [3.63, 3.8) is 0 Å². The maximum absolute atomic E-state index is 12.0. The van der Waals surface area contributed by atoms with Crippen molar-refractivity contribution >= 4 is 27.8 Å². The molecule has 23 heavy (non-hydrogen) atoms. The summed E-state index contributed by atoms with van der Waals surface area (Å²) in [6.45, 7) is 1.54. The van der Waals surface area contributed by atoms with Crippen LogP contribution in [0.15, 0.2) is 30.7 Å². The summed E-state index contributed by atoms with van der Waals surface area (Å²) in [5.74, 6) is 0.297. The summed E-state index contributed by atoms with van der Waals surface area (Å²) in [7, 11) is 1.68. The minimum atomic E-state index is -0.00303. The van der Waals surface area contributed by atoms with Gasteiger partial charge in [0.2, 0.25) is 0 Å². The van der Waals surface area contributed by atoms with Crippen LogP contribution in [0.25, 0.3) is 21.8 Å². The zero-order chi connectivity index (χ0) is 15.8. The van der Waals surface area contributed by atoms with Crippen LogP contribution in [0, 0.1) is 0 Å². The number of aromatic nitrogens is 3. The highest BCUT2D eigenvalue weighted by Gasteiger charge is 2.26. The Hall–Kier alpha value is -2.63. The largest absolute Gasteiger partial charge is 0.364 e. The molecule has 6 nitrogen and oxygen atoms in total. The summed E-state index contributed by atoms with van der Waals surface area (Å²) in [6.07, 6.45) is 7.71. The van der Waals surface area contributed by atoms with Crippen LogP contribution in [0.1, 0.15) is 24.5 Å². The number of H-pyrrole nitrogens is 1. The molecule has 4 heterocycles. The fraction of sp³-hybridized carbons (Fsp3) is 0.353. The molecule has 0 aromatic carbocycles. The van der Waals surface area contributed by atoms with Gasteiger partial charge in [0.15, 0.2) is 5.65 Å². The van der Waals surface area contributed by atoms with E-state index in [1.165, 1.54) is 11.1 Å². The molecular formula is C17H19N5O. The number of nitrogens with one attached hydrogen (secondary N) is 2. The van der Waals surface area contributed by atoms with Crippen LogP contribution in [0.5, 0.6) is 0 Å². The topological polar surface area (TPSA) is 73.9 Å². The predicted octanol–water partition coefficient (Wildman–Crippen LogP) is 2.63. The third kappa shape index (κ3) is 2.30. The lowest BCUT2D eigenvalue weighted by Gasteiger charge is -2.33. The van der Waals surface area contributed by atoms with Crippen molar-refractivity contribution in [3.05, 3.63) is 36.4 Å². The average Bonchev–Trinajstić information content (AvgIpc) is 3.09. The number of urea groups is 1. The molecule has 118 valence electrons. The van der Waals surface area contributed by atoms with Crippen molar-refractivity contribution in [2.45, 2.75) is 18.8 Å². The number of pyridine rings is 2. The second kappa shape index (κ2) is 5.53. The molecule has 1 saturated heterocycles. The number of fused-ring (bicyclic) bond motifs is 3. The fourth-order valence-electron chi connectivity index (χ4n) is 3.57. The molecule has 4 rings (SSSR count). The quantitative estimate of drug-likeness (QED) is 0.725. The zero-order valence-corrected chi connectivity index (χ0v) is 13.0. The highest BCUT2D eigenvalue weighted by Crippen LogP contribution is 2.33. The summed E-state index contributed by atoms with van der Waals surface area (Å²) in [5.41, 5.74) is 1.95. The molecule has 6 heteroatoms. The first kappa shape index (κ1) is 14.0. The zero-order valence-electron chi connectivity index (χ0n) is 13.0. The van der Waals surface area contributed by atoms with Gasteiger partial charge in [0.05, 0.1) is 0 Å². The molecule has 0 spiro atoms. The highest BCUT2D eigenvalue weighted by atomic mass is 16.2. The van der Waals surface area contributed by atoms with Gasteiger partial charge in [-0.2, -0.15) is 0 Å². The number of piperidine rings is 1. The smallest absolute Gasteiger partial charge is 0.317 e. The maximum atomic E-state index is 12.0. The van der Waals surface area contributed by atoms with E-state index in [1.807, 2.05) is 29.4 Å². The number of likely N-dealkylation sites (tertiary alicyclic amines) is 1. The van der Waals surface area contributed by atoms with Crippen molar-refractivity contribution in [3.8, 4) is 0 Å². The summed E-state index contributed by atoms with van der Waals surface area (Å²) in [6, 6.07) is 4.05. The van der Waals surface area contributed by atoms with Crippen LogP contribution in [0.2, 0.25) is 0 Å². The number of carbonyl (C=O) groups excluding carboxylic acids is 1. The first-order valence-electron chi connectivity index (χ1n) is 7.95. The van der Waals surface area contributed by atoms with E-state index in [9.17, 15) is 4.79 Å². The van der Waals surface area contributed by atoms with E-state index in [0.717, 1.165) is 42.4 Å². The summed E-state index contributed by atoms with van der Waals surface area (Å²) in [5, 5.41) is 6.09. The van der Waals surface area contributed by atoms with Gasteiger partial charge in [-0.1, -0.05) is 0 Å². The summed E-state index contributed by atoms with van der Waals surface area (Å²) >= 11 is 0. The molecule has 0 aliphatic carbocycles. The molecule has 0 bridgehead atoms. The molecular weight excluding hydrogens is 290 g/mol. The SMILES string of the molecule is CNC(=O)N1CCCC(c2[nH]ccc3cnc4nccc4c23)C1. The molecule has 2 amide bonds. The van der Waals surface area contributed by atoms with Crippen LogP contribution < -0.4 is 5.32 Å². The van der Waals surface area contributed by atoms with E-state index < -0.39 is 0 Å². The Kier molecular flexibility index (Phi) is 3.37. The van der Waals surface area contributed by atoms with E-state index in [4.69, 9.17) is 0 Å². The minimum Gasteiger partial charge on any atom is -0.364 e. The van der Waals surface area contributed by atoms with Crippen LogP contribution >= 0.6 is 0 Å². The normalized spacial score (nSPS) is 18.5. The molecule has 3 aromatic heterocycles. The lowest BCUT2D eigenvalue weighted by atomic mass is 9.91. The first-order valence-corrected chi connectivity index (χ1v) is 7.95. The van der Waals surface area contributed by atoms with Gasteiger partial charge in [0, 0.05) is 66.5 Å². The number of aromatic amines is 1. The Bertz CT molecular complexity index is 872. The van der Waals surface area contributed by atoms with Crippen molar-refractivity contribution in [2.24, 2.45) is 0 Å². The van der Waals surface area contributed by atoms with Gasteiger partial charge in [-0.3, -0.25) is 0 Å². The lowest BCUT2D eigenvalue weighted by Crippen LogP contribution is -2.43. The van der Waals surface area contributed by atoms with Crippen LogP contribution in [-0.2, 0) is 0 Å². The van der Waals surface area contributed by atoms with E-state index in [-0.39, 0.29) is 6.03 Å². The standard InChI is InChI=1S/C17H19N5O/c1-18-17(23)22-8-2-3-12(10-22)15-14-11(4-6-19-15)9-21-16-13(14)5-7-20-16/h4-7,9,12,19H,2-3,8,10H2,1H3,(H,18,23). The molecule has 2 N–H and O–H groups in total. The van der Waals surface area contributed by atoms with Gasteiger partial charge in [-0.05, 0) is 25.0 Å². The van der Waals surface area contributed by atoms with E-state index in [2.05, 4.69) is 20.3 Å². The number of amides is 2. The molecule has 1 fully saturated rings.